The van der Waals surface area contributed by atoms with Crippen LogP contribution in [-0.2, 0) is 0 Å². The van der Waals surface area contributed by atoms with Gasteiger partial charge < -0.3 is 25.8 Å². The third-order valence-corrected chi connectivity index (χ3v) is 5.20. The van der Waals surface area contributed by atoms with E-state index >= 15 is 0 Å². The lowest BCUT2D eigenvalue weighted by Crippen LogP contribution is -2.45. The first-order valence-electron chi connectivity index (χ1n) is 9.09. The Kier molecular flexibility index (Phi) is 6.99. The summed E-state index contributed by atoms with van der Waals surface area (Å²) in [5.74, 6) is -0.494. The highest BCUT2D eigenvalue weighted by atomic mass is 16.2. The van der Waals surface area contributed by atoms with E-state index in [1.54, 1.807) is 30.1 Å². The van der Waals surface area contributed by atoms with Crippen molar-refractivity contribution in [3.63, 3.8) is 0 Å². The molecule has 2 rings (SSSR count). The number of carbonyl (C=O) groups is 2. The highest BCUT2D eigenvalue weighted by Crippen LogP contribution is 2.16. The second kappa shape index (κ2) is 9.00. The maximum atomic E-state index is 12.4. The molecular formula is C19H31N5O2. The summed E-state index contributed by atoms with van der Waals surface area (Å²) in [5.41, 5.74) is 7.16. The Hall–Kier alpha value is -2.12. The van der Waals surface area contributed by atoms with Gasteiger partial charge in [0.15, 0.2) is 0 Å². The van der Waals surface area contributed by atoms with Crippen LogP contribution in [0.25, 0.3) is 0 Å². The van der Waals surface area contributed by atoms with Gasteiger partial charge in [-0.1, -0.05) is 6.07 Å². The zero-order chi connectivity index (χ0) is 19.3. The lowest BCUT2D eigenvalue weighted by molar-refractivity contribution is 0.0999. The molecule has 1 aliphatic rings. The van der Waals surface area contributed by atoms with Gasteiger partial charge in [0.1, 0.15) is 0 Å². The van der Waals surface area contributed by atoms with Crippen molar-refractivity contribution in [2.45, 2.75) is 25.8 Å². The minimum atomic E-state index is -0.494. The van der Waals surface area contributed by atoms with Gasteiger partial charge in [0.05, 0.1) is 0 Å². The van der Waals surface area contributed by atoms with Crippen molar-refractivity contribution >= 4 is 17.6 Å². The lowest BCUT2D eigenvalue weighted by atomic mass is 10.0. The molecule has 3 amide bonds. The molecule has 0 radical (unpaired) electrons. The second-order valence-electron chi connectivity index (χ2n) is 7.26. The summed E-state index contributed by atoms with van der Waals surface area (Å²) in [6.07, 6.45) is 2.34. The number of nitrogens with zero attached hydrogens (tertiary/aromatic N) is 3. The van der Waals surface area contributed by atoms with Gasteiger partial charge in [-0.2, -0.15) is 0 Å². The van der Waals surface area contributed by atoms with Crippen LogP contribution in [0, 0.1) is 6.92 Å². The van der Waals surface area contributed by atoms with Crippen LogP contribution >= 0.6 is 0 Å². The quantitative estimate of drug-likeness (QED) is 0.806. The number of rotatable bonds is 6. The number of piperidine rings is 1. The van der Waals surface area contributed by atoms with Gasteiger partial charge in [-0.3, -0.25) is 4.79 Å². The average molecular weight is 361 g/mol. The molecule has 1 aromatic carbocycles. The van der Waals surface area contributed by atoms with E-state index in [1.807, 2.05) is 6.92 Å². The molecule has 0 spiro atoms. The number of benzene rings is 1. The third-order valence-electron chi connectivity index (χ3n) is 5.20. The van der Waals surface area contributed by atoms with Gasteiger partial charge in [-0.05, 0) is 64.6 Å². The standard InChI is InChI=1S/C19H31N5O2/c1-14-5-6-15(13-17(14)18(20)25)21-19(26)24(4)12-11-23(3)16-7-9-22(2)10-8-16/h5-6,13,16H,7-12H2,1-4H3,(H2,20,25)(H,21,26). The van der Waals surface area contributed by atoms with Crippen LogP contribution in [0.2, 0.25) is 0 Å². The number of amides is 3. The number of aryl methyl sites for hydroxylation is 1. The van der Waals surface area contributed by atoms with Crippen molar-refractivity contribution in [2.24, 2.45) is 5.73 Å². The predicted molar refractivity (Wildman–Crippen MR) is 104 cm³/mol. The fourth-order valence-corrected chi connectivity index (χ4v) is 3.21. The van der Waals surface area contributed by atoms with E-state index in [0.717, 1.165) is 25.2 Å². The third kappa shape index (κ3) is 5.44. The summed E-state index contributed by atoms with van der Waals surface area (Å²) >= 11 is 0. The highest BCUT2D eigenvalue weighted by Gasteiger charge is 2.21. The molecule has 144 valence electrons. The highest BCUT2D eigenvalue weighted by molar-refractivity contribution is 5.97. The van der Waals surface area contributed by atoms with Crippen LogP contribution in [0.3, 0.4) is 0 Å². The maximum Gasteiger partial charge on any atom is 0.321 e. The second-order valence-corrected chi connectivity index (χ2v) is 7.26. The molecule has 0 atom stereocenters. The number of nitrogens with one attached hydrogen (secondary N) is 1. The van der Waals surface area contributed by atoms with Crippen molar-refractivity contribution in [1.82, 2.24) is 14.7 Å². The zero-order valence-corrected chi connectivity index (χ0v) is 16.3. The molecule has 1 heterocycles. The number of likely N-dealkylation sites (tertiary alicyclic amines) is 1. The number of likely N-dealkylation sites (N-methyl/N-ethyl adjacent to an activating group) is 2. The van der Waals surface area contributed by atoms with Crippen molar-refractivity contribution in [1.29, 1.82) is 0 Å². The van der Waals surface area contributed by atoms with Crippen molar-refractivity contribution < 1.29 is 9.59 Å². The molecule has 7 nitrogen and oxygen atoms in total. The van der Waals surface area contributed by atoms with Crippen LogP contribution in [0.5, 0.6) is 0 Å². The summed E-state index contributed by atoms with van der Waals surface area (Å²) in [5, 5.41) is 2.83. The van der Waals surface area contributed by atoms with Crippen LogP contribution in [0.4, 0.5) is 10.5 Å². The van der Waals surface area contributed by atoms with Crippen molar-refractivity contribution in [3.8, 4) is 0 Å². The molecule has 1 fully saturated rings. The van der Waals surface area contributed by atoms with Crippen LogP contribution < -0.4 is 11.1 Å². The minimum absolute atomic E-state index is 0.193. The number of hydrogen-bond donors (Lipinski definition) is 2. The molecule has 3 N–H and O–H groups in total. The van der Waals surface area contributed by atoms with E-state index in [0.29, 0.717) is 23.8 Å². The Bertz CT molecular complexity index is 641. The fraction of sp³-hybridized carbons (Fsp3) is 0.579. The molecule has 0 bridgehead atoms. The molecule has 0 saturated carbocycles. The molecule has 7 heteroatoms. The summed E-state index contributed by atoms with van der Waals surface area (Å²) in [7, 11) is 6.06. The van der Waals surface area contributed by atoms with Crippen LogP contribution in [0.1, 0.15) is 28.8 Å². The van der Waals surface area contributed by atoms with Crippen molar-refractivity contribution in [2.75, 3.05) is 52.6 Å². The Morgan fingerprint density at radius 1 is 1.23 bits per heavy atom. The number of primary amides is 1. The number of carbonyl (C=O) groups excluding carboxylic acids is 2. The van der Waals surface area contributed by atoms with E-state index in [1.165, 1.54) is 12.8 Å². The summed E-state index contributed by atoms with van der Waals surface area (Å²) < 4.78 is 0. The number of urea groups is 1. The van der Waals surface area contributed by atoms with Crippen LogP contribution in [-0.4, -0.2) is 80.0 Å². The Balaban J connectivity index is 1.84. The summed E-state index contributed by atoms with van der Waals surface area (Å²) in [6.45, 7) is 5.54. The van der Waals surface area contributed by atoms with Gasteiger partial charge in [0, 0.05) is 37.4 Å². The summed E-state index contributed by atoms with van der Waals surface area (Å²) in [6, 6.07) is 5.56. The van der Waals surface area contributed by atoms with E-state index in [-0.39, 0.29) is 6.03 Å². The predicted octanol–water partition coefficient (Wildman–Crippen LogP) is 1.58. The molecule has 0 aromatic heterocycles. The summed E-state index contributed by atoms with van der Waals surface area (Å²) in [4.78, 5) is 30.2. The largest absolute Gasteiger partial charge is 0.366 e. The number of anilines is 1. The fourth-order valence-electron chi connectivity index (χ4n) is 3.21. The molecule has 1 saturated heterocycles. The molecule has 1 aliphatic heterocycles. The smallest absolute Gasteiger partial charge is 0.321 e. The maximum absolute atomic E-state index is 12.4. The molecule has 0 aliphatic carbocycles. The Morgan fingerprint density at radius 3 is 2.50 bits per heavy atom. The first-order chi connectivity index (χ1) is 12.3. The Morgan fingerprint density at radius 2 is 1.88 bits per heavy atom. The molecule has 1 aromatic rings. The van der Waals surface area contributed by atoms with E-state index < -0.39 is 5.91 Å². The van der Waals surface area contributed by atoms with Gasteiger partial charge in [-0.25, -0.2) is 4.79 Å². The lowest BCUT2D eigenvalue weighted by Gasteiger charge is -2.35. The van der Waals surface area contributed by atoms with Crippen molar-refractivity contribution in [3.05, 3.63) is 29.3 Å². The van der Waals surface area contributed by atoms with Gasteiger partial charge in [-0.15, -0.1) is 0 Å². The van der Waals surface area contributed by atoms with Crippen LogP contribution in [0.15, 0.2) is 18.2 Å². The van der Waals surface area contributed by atoms with E-state index in [4.69, 9.17) is 5.73 Å². The number of hydrogen-bond acceptors (Lipinski definition) is 4. The first-order valence-corrected chi connectivity index (χ1v) is 9.09. The zero-order valence-electron chi connectivity index (χ0n) is 16.3. The molecule has 0 unspecified atom stereocenters. The van der Waals surface area contributed by atoms with E-state index in [2.05, 4.69) is 29.2 Å². The monoisotopic (exact) mass is 361 g/mol. The van der Waals surface area contributed by atoms with E-state index in [9.17, 15) is 9.59 Å². The van der Waals surface area contributed by atoms with Gasteiger partial charge in [0.2, 0.25) is 5.91 Å². The first kappa shape index (κ1) is 20.2. The average Bonchev–Trinajstić information content (AvgIpc) is 2.61. The topological polar surface area (TPSA) is 81.9 Å². The SMILES string of the molecule is Cc1ccc(NC(=O)N(C)CCN(C)C2CCN(C)CC2)cc1C(N)=O. The minimum Gasteiger partial charge on any atom is -0.366 e. The Labute approximate surface area is 156 Å². The van der Waals surface area contributed by atoms with Gasteiger partial charge >= 0.3 is 6.03 Å². The molecular weight excluding hydrogens is 330 g/mol. The van der Waals surface area contributed by atoms with Gasteiger partial charge in [0.25, 0.3) is 0 Å². The number of nitrogens with two attached hydrogens (primary N) is 1. The normalized spacial score (nSPS) is 15.9. The molecule has 26 heavy (non-hydrogen) atoms.